The van der Waals surface area contributed by atoms with Gasteiger partial charge in [-0.05, 0) is 29.8 Å². The molecule has 1 aliphatic carbocycles. The van der Waals surface area contributed by atoms with E-state index in [9.17, 15) is 17.4 Å². The first-order chi connectivity index (χ1) is 13.1. The normalized spacial score (nSPS) is 19.0. The van der Waals surface area contributed by atoms with Crippen molar-refractivity contribution in [3.8, 4) is 17.7 Å². The van der Waals surface area contributed by atoms with Gasteiger partial charge in [0.25, 0.3) is 5.92 Å². The molecule has 1 unspecified atom stereocenters. The number of rotatable bonds is 3. The van der Waals surface area contributed by atoms with Crippen molar-refractivity contribution < 1.29 is 22.1 Å². The summed E-state index contributed by atoms with van der Waals surface area (Å²) in [5.41, 5.74) is 0.258. The summed E-state index contributed by atoms with van der Waals surface area (Å²) in [7, 11) is -3.20. The smallest absolute Gasteiger partial charge is 0.258 e. The molecule has 0 aliphatic heterocycles. The van der Waals surface area contributed by atoms with Crippen LogP contribution in [0.25, 0.3) is 4.85 Å². The second-order valence-corrected chi connectivity index (χ2v) is 8.69. The number of halogens is 3. The van der Waals surface area contributed by atoms with Gasteiger partial charge < -0.3 is 4.74 Å². The van der Waals surface area contributed by atoms with Crippen molar-refractivity contribution in [3.05, 3.63) is 58.7 Å². The van der Waals surface area contributed by atoms with E-state index in [4.69, 9.17) is 16.6 Å². The van der Waals surface area contributed by atoms with Crippen molar-refractivity contribution in [2.24, 2.45) is 4.36 Å². The Morgan fingerprint density at radius 1 is 1.39 bits per heavy atom. The van der Waals surface area contributed by atoms with Crippen LogP contribution in [0.15, 0.2) is 39.6 Å². The van der Waals surface area contributed by atoms with E-state index in [0.29, 0.717) is 0 Å². The molecule has 0 aromatic heterocycles. The van der Waals surface area contributed by atoms with Crippen molar-refractivity contribution in [3.63, 3.8) is 0 Å². The molecule has 0 N–H and O–H groups in total. The average Bonchev–Trinajstić information content (AvgIpc) is 2.85. The van der Waals surface area contributed by atoms with Crippen LogP contribution >= 0.6 is 0 Å². The number of nitriles is 1. The number of benzene rings is 2. The van der Waals surface area contributed by atoms with Gasteiger partial charge in [-0.2, -0.15) is 5.26 Å². The molecule has 0 radical (unpaired) electrons. The summed E-state index contributed by atoms with van der Waals surface area (Å²) in [6, 6.07) is 6.05. The Morgan fingerprint density at radius 3 is 2.75 bits per heavy atom. The lowest BCUT2D eigenvalue weighted by Gasteiger charge is -2.17. The van der Waals surface area contributed by atoms with Gasteiger partial charge in [0.05, 0.1) is 21.2 Å². The van der Waals surface area contributed by atoms with Crippen molar-refractivity contribution in [2.75, 3.05) is 6.26 Å². The summed E-state index contributed by atoms with van der Waals surface area (Å²) in [4.78, 5) is 3.19. The first-order valence-corrected chi connectivity index (χ1v) is 10.0. The minimum absolute atomic E-state index is 0.00589. The van der Waals surface area contributed by atoms with Gasteiger partial charge in [-0.1, -0.05) is 6.92 Å². The Balaban J connectivity index is 2.18. The summed E-state index contributed by atoms with van der Waals surface area (Å²) in [5, 5.41) is 8.78. The van der Waals surface area contributed by atoms with Crippen LogP contribution in [-0.4, -0.2) is 16.4 Å². The summed E-state index contributed by atoms with van der Waals surface area (Å²) < 4.78 is 64.3. The molecule has 1 aliphatic rings. The average molecular weight is 405 g/mol. The molecule has 144 valence electrons. The molecule has 0 bridgehead atoms. The summed E-state index contributed by atoms with van der Waals surface area (Å²) >= 11 is 0. The molecule has 0 amide bonds. The third kappa shape index (κ3) is 3.41. The van der Waals surface area contributed by atoms with Crippen molar-refractivity contribution >= 4 is 15.4 Å². The van der Waals surface area contributed by atoms with Crippen molar-refractivity contribution in [1.29, 1.82) is 5.26 Å². The highest BCUT2D eigenvalue weighted by Gasteiger charge is 2.48. The van der Waals surface area contributed by atoms with Crippen LogP contribution in [0.2, 0.25) is 0 Å². The van der Waals surface area contributed by atoms with Gasteiger partial charge in [0.2, 0.25) is 6.19 Å². The molecule has 2 atom stereocenters. The van der Waals surface area contributed by atoms with Crippen LogP contribution in [-0.2, 0) is 16.1 Å². The van der Waals surface area contributed by atoms with Gasteiger partial charge in [0, 0.05) is 30.2 Å². The Hall–Kier alpha value is -3.04. The molecule has 2 aromatic rings. The number of hydrogen-bond donors (Lipinski definition) is 0. The van der Waals surface area contributed by atoms with Crippen LogP contribution in [0.1, 0.15) is 24.0 Å². The van der Waals surface area contributed by atoms with E-state index in [1.165, 1.54) is 37.6 Å². The summed E-state index contributed by atoms with van der Waals surface area (Å²) in [5.74, 6) is -5.02. The maximum Gasteiger partial charge on any atom is 0.258 e. The Kier molecular flexibility index (Phi) is 4.82. The highest BCUT2D eigenvalue weighted by Crippen LogP contribution is 2.50. The SMILES string of the molecule is [C-]#[N+]c1cc(F)cc(Oc2ccc(S(C)(=O)=NC#N)c3c2CC(F)(F)[C@H]3C)c1. The molecule has 3 rings (SSSR count). The minimum Gasteiger partial charge on any atom is -0.458 e. The Morgan fingerprint density at radius 2 is 2.11 bits per heavy atom. The Labute approximate surface area is 160 Å². The van der Waals surface area contributed by atoms with Gasteiger partial charge in [-0.15, -0.1) is 4.36 Å². The molecule has 5 nitrogen and oxygen atoms in total. The number of fused-ring (bicyclic) bond motifs is 1. The standard InChI is InChI=1S/C19H14F3N3O2S/c1-11-18-15(9-19(11,21)22)16(4-5-17(18)28(3,26)25-10-23)27-14-7-12(20)6-13(8-14)24-2/h4-8,11H,9H2,1,3H3/t11-,28?/m0/s1. The topological polar surface area (TPSA) is 66.8 Å². The molecule has 0 fully saturated rings. The van der Waals surface area contributed by atoms with E-state index in [0.717, 1.165) is 12.1 Å². The third-order valence-electron chi connectivity index (χ3n) is 4.59. The number of ether oxygens (including phenoxy) is 1. The number of alkyl halides is 2. The van der Waals surface area contributed by atoms with Crippen LogP contribution < -0.4 is 4.74 Å². The van der Waals surface area contributed by atoms with Gasteiger partial charge >= 0.3 is 0 Å². The van der Waals surface area contributed by atoms with E-state index in [1.807, 2.05) is 0 Å². The van der Waals surface area contributed by atoms with Crippen LogP contribution in [0.5, 0.6) is 11.5 Å². The maximum absolute atomic E-state index is 14.4. The Bertz CT molecular complexity index is 1170. The van der Waals surface area contributed by atoms with E-state index in [-0.39, 0.29) is 33.2 Å². The number of nitrogens with zero attached hydrogens (tertiary/aromatic N) is 3. The second-order valence-electron chi connectivity index (χ2n) is 6.47. The van der Waals surface area contributed by atoms with Crippen molar-refractivity contribution in [1.82, 2.24) is 0 Å². The zero-order valence-corrected chi connectivity index (χ0v) is 15.7. The predicted octanol–water partition coefficient (Wildman–Crippen LogP) is 5.40. The minimum atomic E-state index is -3.20. The molecule has 2 aromatic carbocycles. The van der Waals surface area contributed by atoms with Crippen LogP contribution in [0, 0.1) is 23.8 Å². The second kappa shape index (κ2) is 6.84. The van der Waals surface area contributed by atoms with Crippen LogP contribution in [0.3, 0.4) is 0 Å². The van der Waals surface area contributed by atoms with Gasteiger partial charge in [0.1, 0.15) is 17.3 Å². The highest BCUT2D eigenvalue weighted by atomic mass is 32.2. The zero-order valence-electron chi connectivity index (χ0n) is 14.9. The monoisotopic (exact) mass is 405 g/mol. The first kappa shape index (κ1) is 19.7. The number of hydrogen-bond acceptors (Lipinski definition) is 4. The fourth-order valence-corrected chi connectivity index (χ4v) is 4.51. The molecule has 0 saturated heterocycles. The molecule has 28 heavy (non-hydrogen) atoms. The first-order valence-electron chi connectivity index (χ1n) is 8.09. The van der Waals surface area contributed by atoms with E-state index in [1.54, 1.807) is 0 Å². The quantitative estimate of drug-likeness (QED) is 0.507. The van der Waals surface area contributed by atoms with Crippen LogP contribution in [0.4, 0.5) is 18.9 Å². The fourth-order valence-electron chi connectivity index (χ4n) is 3.23. The lowest BCUT2D eigenvalue weighted by molar-refractivity contribution is -0.0104. The lowest BCUT2D eigenvalue weighted by Crippen LogP contribution is -2.20. The molecule has 0 heterocycles. The fraction of sp³-hybridized carbons (Fsp3) is 0.263. The maximum atomic E-state index is 14.4. The van der Waals surface area contributed by atoms with Gasteiger partial charge in [0.15, 0.2) is 5.69 Å². The van der Waals surface area contributed by atoms with E-state index in [2.05, 4.69) is 9.21 Å². The van der Waals surface area contributed by atoms with E-state index < -0.39 is 33.8 Å². The van der Waals surface area contributed by atoms with Crippen molar-refractivity contribution in [2.45, 2.75) is 30.1 Å². The molecular formula is C19H14F3N3O2S. The largest absolute Gasteiger partial charge is 0.458 e. The lowest BCUT2D eigenvalue weighted by atomic mass is 10.0. The molecule has 9 heteroatoms. The molecule has 0 spiro atoms. The zero-order chi connectivity index (χ0) is 20.7. The predicted molar refractivity (Wildman–Crippen MR) is 96.6 cm³/mol. The third-order valence-corrected chi connectivity index (χ3v) is 6.19. The highest BCUT2D eigenvalue weighted by molar-refractivity contribution is 7.93. The summed E-state index contributed by atoms with van der Waals surface area (Å²) in [6.07, 6.45) is 2.03. The molecule has 0 saturated carbocycles. The van der Waals surface area contributed by atoms with Gasteiger partial charge in [-0.3, -0.25) is 0 Å². The summed E-state index contributed by atoms with van der Waals surface area (Å²) in [6.45, 7) is 8.29. The molecular weight excluding hydrogens is 391 g/mol. The van der Waals surface area contributed by atoms with Gasteiger partial charge in [-0.25, -0.2) is 22.2 Å². The van der Waals surface area contributed by atoms with E-state index >= 15 is 0 Å².